The van der Waals surface area contributed by atoms with E-state index in [1.165, 1.54) is 12.8 Å². The predicted molar refractivity (Wildman–Crippen MR) is 58.9 cm³/mol. The normalized spacial score (nSPS) is 36.5. The molecule has 13 heavy (non-hydrogen) atoms. The molecule has 1 aliphatic carbocycles. The summed E-state index contributed by atoms with van der Waals surface area (Å²) >= 11 is 2.00. The van der Waals surface area contributed by atoms with E-state index >= 15 is 0 Å². The number of hydrogen-bond donors (Lipinski definition) is 2. The Morgan fingerprint density at radius 3 is 2.69 bits per heavy atom. The first kappa shape index (κ1) is 11.3. The van der Waals surface area contributed by atoms with Crippen molar-refractivity contribution in [3.8, 4) is 0 Å². The molecule has 0 aromatic rings. The summed E-state index contributed by atoms with van der Waals surface area (Å²) in [6.07, 6.45) is 3.33. The molecule has 4 atom stereocenters. The topological polar surface area (TPSA) is 46.2 Å². The SMILES string of the molecule is CC(CCO)SC1CCC(N)C1C. The molecule has 0 bridgehead atoms. The molecule has 0 aromatic heterocycles. The highest BCUT2D eigenvalue weighted by molar-refractivity contribution is 8.00. The Balaban J connectivity index is 2.29. The van der Waals surface area contributed by atoms with Crippen molar-refractivity contribution < 1.29 is 5.11 Å². The van der Waals surface area contributed by atoms with Crippen LogP contribution in [0.2, 0.25) is 0 Å². The van der Waals surface area contributed by atoms with Gasteiger partial charge in [-0.1, -0.05) is 13.8 Å². The van der Waals surface area contributed by atoms with Crippen molar-refractivity contribution in [2.24, 2.45) is 11.7 Å². The van der Waals surface area contributed by atoms with Crippen LogP contribution >= 0.6 is 11.8 Å². The molecule has 0 aromatic carbocycles. The molecule has 1 fully saturated rings. The number of hydrogen-bond acceptors (Lipinski definition) is 3. The molecular formula is C10H21NOS. The minimum Gasteiger partial charge on any atom is -0.396 e. The Labute approximate surface area is 85.3 Å². The second-order valence-electron chi connectivity index (χ2n) is 4.10. The molecular weight excluding hydrogens is 182 g/mol. The molecule has 0 spiro atoms. The van der Waals surface area contributed by atoms with Gasteiger partial charge in [-0.05, 0) is 25.2 Å². The zero-order chi connectivity index (χ0) is 9.84. The van der Waals surface area contributed by atoms with Crippen LogP contribution in [0.5, 0.6) is 0 Å². The quantitative estimate of drug-likeness (QED) is 0.730. The van der Waals surface area contributed by atoms with Gasteiger partial charge in [0.25, 0.3) is 0 Å². The smallest absolute Gasteiger partial charge is 0.0441 e. The van der Waals surface area contributed by atoms with Crippen LogP contribution in [0.4, 0.5) is 0 Å². The van der Waals surface area contributed by atoms with Crippen molar-refractivity contribution in [2.45, 2.75) is 49.7 Å². The largest absolute Gasteiger partial charge is 0.396 e. The van der Waals surface area contributed by atoms with Gasteiger partial charge in [0.2, 0.25) is 0 Å². The van der Waals surface area contributed by atoms with Gasteiger partial charge in [-0.15, -0.1) is 0 Å². The first-order valence-electron chi connectivity index (χ1n) is 5.17. The lowest BCUT2D eigenvalue weighted by Crippen LogP contribution is -2.26. The fourth-order valence-electron chi connectivity index (χ4n) is 1.90. The van der Waals surface area contributed by atoms with Crippen molar-refractivity contribution in [3.63, 3.8) is 0 Å². The molecule has 1 saturated carbocycles. The third kappa shape index (κ3) is 3.15. The summed E-state index contributed by atoms with van der Waals surface area (Å²) in [6.45, 7) is 4.75. The standard InChI is InChI=1S/C10H21NOS/c1-7(5-6-12)13-10-4-3-9(11)8(10)2/h7-10,12H,3-6,11H2,1-2H3. The van der Waals surface area contributed by atoms with E-state index in [2.05, 4.69) is 13.8 Å². The lowest BCUT2D eigenvalue weighted by molar-refractivity contribution is 0.288. The van der Waals surface area contributed by atoms with E-state index in [1.54, 1.807) is 0 Å². The number of aliphatic hydroxyl groups excluding tert-OH is 1. The summed E-state index contributed by atoms with van der Waals surface area (Å²) < 4.78 is 0. The first-order valence-corrected chi connectivity index (χ1v) is 6.11. The maximum Gasteiger partial charge on any atom is 0.0441 e. The van der Waals surface area contributed by atoms with Crippen molar-refractivity contribution in [2.75, 3.05) is 6.61 Å². The van der Waals surface area contributed by atoms with Gasteiger partial charge < -0.3 is 10.8 Å². The van der Waals surface area contributed by atoms with Gasteiger partial charge in [-0.25, -0.2) is 0 Å². The van der Waals surface area contributed by atoms with Crippen molar-refractivity contribution in [1.82, 2.24) is 0 Å². The van der Waals surface area contributed by atoms with Crippen LogP contribution in [0.3, 0.4) is 0 Å². The minimum absolute atomic E-state index is 0.307. The van der Waals surface area contributed by atoms with Crippen molar-refractivity contribution >= 4 is 11.8 Å². The number of nitrogens with two attached hydrogens (primary N) is 1. The number of thioether (sulfide) groups is 1. The van der Waals surface area contributed by atoms with Gasteiger partial charge in [0, 0.05) is 23.1 Å². The Bertz CT molecular complexity index is 154. The molecule has 0 aliphatic heterocycles. The van der Waals surface area contributed by atoms with Crippen LogP contribution in [0.25, 0.3) is 0 Å². The second-order valence-corrected chi connectivity index (χ2v) is 5.78. The second kappa shape index (κ2) is 5.23. The summed E-state index contributed by atoms with van der Waals surface area (Å²) in [6, 6.07) is 0.402. The van der Waals surface area contributed by atoms with Gasteiger partial charge in [0.05, 0.1) is 0 Å². The van der Waals surface area contributed by atoms with E-state index in [-0.39, 0.29) is 0 Å². The Morgan fingerprint density at radius 2 is 2.23 bits per heavy atom. The van der Waals surface area contributed by atoms with Crippen LogP contribution in [0.1, 0.15) is 33.1 Å². The predicted octanol–water partition coefficient (Wildman–Crippen LogP) is 1.62. The zero-order valence-electron chi connectivity index (χ0n) is 8.57. The molecule has 3 heteroatoms. The third-order valence-electron chi connectivity index (χ3n) is 2.99. The van der Waals surface area contributed by atoms with E-state index in [1.807, 2.05) is 11.8 Å². The molecule has 2 nitrogen and oxygen atoms in total. The fourth-order valence-corrected chi connectivity index (χ4v) is 3.46. The zero-order valence-corrected chi connectivity index (χ0v) is 9.39. The molecule has 0 radical (unpaired) electrons. The van der Waals surface area contributed by atoms with Gasteiger partial charge in [-0.2, -0.15) is 11.8 Å². The molecule has 0 amide bonds. The molecule has 3 N–H and O–H groups in total. The van der Waals surface area contributed by atoms with Crippen LogP contribution in [-0.2, 0) is 0 Å². The number of aliphatic hydroxyl groups is 1. The Kier molecular flexibility index (Phi) is 4.56. The van der Waals surface area contributed by atoms with E-state index < -0.39 is 0 Å². The minimum atomic E-state index is 0.307. The highest BCUT2D eigenvalue weighted by Gasteiger charge is 2.31. The molecule has 4 unspecified atom stereocenters. The summed E-state index contributed by atoms with van der Waals surface area (Å²) in [5, 5.41) is 10.1. The maximum absolute atomic E-state index is 8.79. The first-order chi connectivity index (χ1) is 6.15. The molecule has 78 valence electrons. The molecule has 0 saturated heterocycles. The maximum atomic E-state index is 8.79. The molecule has 0 heterocycles. The van der Waals surface area contributed by atoms with Crippen LogP contribution in [0, 0.1) is 5.92 Å². The third-order valence-corrected chi connectivity index (χ3v) is 4.70. The summed E-state index contributed by atoms with van der Waals surface area (Å²) in [5.74, 6) is 0.645. The van der Waals surface area contributed by atoms with E-state index in [0.29, 0.717) is 23.8 Å². The van der Waals surface area contributed by atoms with Crippen LogP contribution in [-0.4, -0.2) is 28.3 Å². The van der Waals surface area contributed by atoms with E-state index in [0.717, 1.165) is 11.7 Å². The molecule has 1 rings (SSSR count). The van der Waals surface area contributed by atoms with Gasteiger partial charge >= 0.3 is 0 Å². The number of rotatable bonds is 4. The highest BCUT2D eigenvalue weighted by atomic mass is 32.2. The van der Waals surface area contributed by atoms with Crippen LogP contribution in [0.15, 0.2) is 0 Å². The monoisotopic (exact) mass is 203 g/mol. The average Bonchev–Trinajstić information content (AvgIpc) is 2.37. The summed E-state index contributed by atoms with van der Waals surface area (Å²) in [4.78, 5) is 0. The van der Waals surface area contributed by atoms with Gasteiger partial charge in [0.1, 0.15) is 0 Å². The lowest BCUT2D eigenvalue weighted by Gasteiger charge is -2.21. The highest BCUT2D eigenvalue weighted by Crippen LogP contribution is 2.36. The van der Waals surface area contributed by atoms with Crippen molar-refractivity contribution in [1.29, 1.82) is 0 Å². The van der Waals surface area contributed by atoms with Crippen molar-refractivity contribution in [3.05, 3.63) is 0 Å². The Morgan fingerprint density at radius 1 is 1.54 bits per heavy atom. The summed E-state index contributed by atoms with van der Waals surface area (Å²) in [5.41, 5.74) is 5.96. The fraction of sp³-hybridized carbons (Fsp3) is 1.00. The van der Waals surface area contributed by atoms with Gasteiger partial charge in [0.15, 0.2) is 0 Å². The van der Waals surface area contributed by atoms with Gasteiger partial charge in [-0.3, -0.25) is 0 Å². The Hall–Kier alpha value is 0.270. The average molecular weight is 203 g/mol. The molecule has 1 aliphatic rings. The summed E-state index contributed by atoms with van der Waals surface area (Å²) in [7, 11) is 0. The van der Waals surface area contributed by atoms with Crippen LogP contribution < -0.4 is 5.73 Å². The lowest BCUT2D eigenvalue weighted by atomic mass is 10.1. The van der Waals surface area contributed by atoms with E-state index in [9.17, 15) is 0 Å². The van der Waals surface area contributed by atoms with E-state index in [4.69, 9.17) is 10.8 Å².